The lowest BCUT2D eigenvalue weighted by Gasteiger charge is -2.32. The normalized spacial score (nSPS) is 44.4. The molecule has 4 unspecified atom stereocenters. The maximum Gasteiger partial charge on any atom is 0.476 e. The van der Waals surface area contributed by atoms with Crippen LogP contribution < -0.4 is 5.32 Å². The lowest BCUT2D eigenvalue weighted by atomic mass is 9.75. The molecule has 0 aromatic heterocycles. The van der Waals surface area contributed by atoms with Gasteiger partial charge in [-0.15, -0.1) is 11.6 Å². The van der Waals surface area contributed by atoms with Crippen LogP contribution in [0, 0.1) is 5.92 Å². The van der Waals surface area contributed by atoms with E-state index in [-0.39, 0.29) is 29.6 Å². The summed E-state index contributed by atoms with van der Waals surface area (Å²) in [5.41, 5.74) is -0.485. The van der Waals surface area contributed by atoms with Gasteiger partial charge in [-0.05, 0) is 52.9 Å². The van der Waals surface area contributed by atoms with E-state index in [1.807, 2.05) is 0 Å². The SMILES string of the molecule is CC1(C)OB(C2CC3CCCC(Cl)C3N2)OC1(C)C. The summed E-state index contributed by atoms with van der Waals surface area (Å²) < 4.78 is 12.3. The van der Waals surface area contributed by atoms with Crippen molar-refractivity contribution in [1.29, 1.82) is 0 Å². The second kappa shape index (κ2) is 4.62. The Bertz CT molecular complexity index is 347. The highest BCUT2D eigenvalue weighted by Crippen LogP contribution is 2.42. The molecule has 108 valence electrons. The summed E-state index contributed by atoms with van der Waals surface area (Å²) >= 11 is 6.46. The van der Waals surface area contributed by atoms with Crippen LogP contribution in [0.25, 0.3) is 0 Å². The molecule has 2 heterocycles. The number of nitrogens with one attached hydrogen (secondary N) is 1. The van der Waals surface area contributed by atoms with Gasteiger partial charge >= 0.3 is 7.12 Å². The van der Waals surface area contributed by atoms with Crippen LogP contribution in [0.1, 0.15) is 53.4 Å². The zero-order chi connectivity index (χ0) is 13.8. The number of hydrogen-bond acceptors (Lipinski definition) is 3. The standard InChI is InChI=1S/C14H25BClNO2/c1-13(2)14(3,4)19-15(18-13)11-8-9-6-5-7-10(16)12(9)17-11/h9-12,17H,5-8H2,1-4H3. The van der Waals surface area contributed by atoms with Crippen molar-refractivity contribution >= 4 is 18.7 Å². The van der Waals surface area contributed by atoms with Crippen molar-refractivity contribution in [2.75, 3.05) is 0 Å². The minimum atomic E-state index is -0.243. The molecular formula is C14H25BClNO2. The molecular weight excluding hydrogens is 260 g/mol. The Kier molecular flexibility index (Phi) is 3.45. The third-order valence-corrected chi connectivity index (χ3v) is 6.01. The Morgan fingerprint density at radius 3 is 2.32 bits per heavy atom. The molecule has 0 radical (unpaired) electrons. The van der Waals surface area contributed by atoms with E-state index in [0.29, 0.717) is 12.0 Å². The molecule has 1 aliphatic carbocycles. The highest BCUT2D eigenvalue weighted by molar-refractivity contribution is 6.47. The van der Waals surface area contributed by atoms with Crippen molar-refractivity contribution in [1.82, 2.24) is 5.32 Å². The van der Waals surface area contributed by atoms with Crippen LogP contribution in [0.4, 0.5) is 0 Å². The summed E-state index contributed by atoms with van der Waals surface area (Å²) in [6, 6.07) is 0.444. The van der Waals surface area contributed by atoms with E-state index >= 15 is 0 Å². The quantitative estimate of drug-likeness (QED) is 0.593. The average molecular weight is 286 g/mol. The van der Waals surface area contributed by atoms with Crippen molar-refractivity contribution in [3.05, 3.63) is 0 Å². The maximum absolute atomic E-state index is 6.46. The van der Waals surface area contributed by atoms with Crippen LogP contribution in [0.2, 0.25) is 0 Å². The van der Waals surface area contributed by atoms with Gasteiger partial charge in [0.2, 0.25) is 0 Å². The van der Waals surface area contributed by atoms with Crippen molar-refractivity contribution < 1.29 is 9.31 Å². The first kappa shape index (κ1) is 14.2. The lowest BCUT2D eigenvalue weighted by molar-refractivity contribution is 0.00578. The molecule has 1 saturated carbocycles. The Morgan fingerprint density at radius 2 is 1.74 bits per heavy atom. The first-order valence-corrected chi connectivity index (χ1v) is 7.99. The van der Waals surface area contributed by atoms with Gasteiger partial charge < -0.3 is 14.6 Å². The van der Waals surface area contributed by atoms with Crippen LogP contribution in [-0.2, 0) is 9.31 Å². The summed E-state index contributed by atoms with van der Waals surface area (Å²) in [6.07, 6.45) is 4.81. The summed E-state index contributed by atoms with van der Waals surface area (Å²) in [6.45, 7) is 8.44. The number of rotatable bonds is 1. The fourth-order valence-corrected chi connectivity index (χ4v) is 4.05. The molecule has 3 rings (SSSR count). The second-order valence-electron chi connectivity index (χ2n) is 7.37. The molecule has 5 heteroatoms. The van der Waals surface area contributed by atoms with E-state index in [9.17, 15) is 0 Å². The molecule has 3 aliphatic rings. The minimum Gasteiger partial charge on any atom is -0.402 e. The zero-order valence-corrected chi connectivity index (χ0v) is 13.2. The summed E-state index contributed by atoms with van der Waals surface area (Å²) in [5.74, 6) is 0.982. The van der Waals surface area contributed by atoms with Crippen molar-refractivity contribution in [3.8, 4) is 0 Å². The summed E-state index contributed by atoms with van der Waals surface area (Å²) in [4.78, 5) is 0. The minimum absolute atomic E-state index is 0.139. The topological polar surface area (TPSA) is 30.5 Å². The summed E-state index contributed by atoms with van der Waals surface area (Å²) in [7, 11) is -0.139. The molecule has 0 aromatic carbocycles. The first-order chi connectivity index (χ1) is 8.80. The monoisotopic (exact) mass is 285 g/mol. The molecule has 3 nitrogen and oxygen atoms in total. The number of halogens is 1. The molecule has 2 saturated heterocycles. The van der Waals surface area contributed by atoms with Crippen molar-refractivity contribution in [2.24, 2.45) is 5.92 Å². The molecule has 19 heavy (non-hydrogen) atoms. The fourth-order valence-electron chi connectivity index (χ4n) is 3.62. The van der Waals surface area contributed by atoms with Gasteiger partial charge in [0, 0.05) is 17.4 Å². The third-order valence-electron chi connectivity index (χ3n) is 5.52. The van der Waals surface area contributed by atoms with Crippen LogP contribution >= 0.6 is 11.6 Å². The van der Waals surface area contributed by atoms with Gasteiger partial charge in [-0.25, -0.2) is 0 Å². The van der Waals surface area contributed by atoms with E-state index in [1.54, 1.807) is 0 Å². The lowest BCUT2D eigenvalue weighted by Crippen LogP contribution is -2.47. The molecule has 3 fully saturated rings. The molecule has 1 N–H and O–H groups in total. The molecule has 0 spiro atoms. The van der Waals surface area contributed by atoms with Gasteiger partial charge in [0.05, 0.1) is 11.2 Å². The van der Waals surface area contributed by atoms with Gasteiger partial charge in [0.15, 0.2) is 0 Å². The number of fused-ring (bicyclic) bond motifs is 1. The number of alkyl halides is 1. The Hall–Kier alpha value is 0.235. The number of hydrogen-bond donors (Lipinski definition) is 1. The van der Waals surface area contributed by atoms with Crippen LogP contribution in [0.15, 0.2) is 0 Å². The second-order valence-corrected chi connectivity index (χ2v) is 7.93. The van der Waals surface area contributed by atoms with Gasteiger partial charge in [0.25, 0.3) is 0 Å². The Morgan fingerprint density at radius 1 is 1.11 bits per heavy atom. The van der Waals surface area contributed by atoms with Gasteiger partial charge in [-0.3, -0.25) is 0 Å². The molecule has 0 amide bonds. The highest BCUT2D eigenvalue weighted by atomic mass is 35.5. The Labute approximate surface area is 121 Å². The molecule has 4 atom stereocenters. The van der Waals surface area contributed by atoms with Gasteiger partial charge in [-0.1, -0.05) is 6.42 Å². The summed E-state index contributed by atoms with van der Waals surface area (Å²) in [5, 5.41) is 3.95. The van der Waals surface area contributed by atoms with E-state index in [1.165, 1.54) is 12.8 Å². The smallest absolute Gasteiger partial charge is 0.402 e. The van der Waals surface area contributed by atoms with Gasteiger partial charge in [-0.2, -0.15) is 0 Å². The average Bonchev–Trinajstić information content (AvgIpc) is 2.80. The van der Waals surface area contributed by atoms with E-state index in [2.05, 4.69) is 33.0 Å². The van der Waals surface area contributed by atoms with Crippen molar-refractivity contribution in [3.63, 3.8) is 0 Å². The largest absolute Gasteiger partial charge is 0.476 e. The van der Waals surface area contributed by atoms with E-state index in [0.717, 1.165) is 12.8 Å². The predicted octanol–water partition coefficient (Wildman–Crippen LogP) is 2.76. The van der Waals surface area contributed by atoms with Crippen LogP contribution in [-0.4, -0.2) is 35.7 Å². The molecule has 2 aliphatic heterocycles. The first-order valence-electron chi connectivity index (χ1n) is 7.56. The maximum atomic E-state index is 6.46. The Balaban J connectivity index is 1.69. The van der Waals surface area contributed by atoms with E-state index < -0.39 is 0 Å². The zero-order valence-electron chi connectivity index (χ0n) is 12.4. The highest BCUT2D eigenvalue weighted by Gasteiger charge is 2.56. The third kappa shape index (κ3) is 2.35. The van der Waals surface area contributed by atoms with E-state index in [4.69, 9.17) is 20.9 Å². The van der Waals surface area contributed by atoms with Crippen LogP contribution in [0.5, 0.6) is 0 Å². The van der Waals surface area contributed by atoms with Crippen molar-refractivity contribution in [2.45, 2.75) is 81.9 Å². The molecule has 0 aromatic rings. The fraction of sp³-hybridized carbons (Fsp3) is 1.00. The van der Waals surface area contributed by atoms with Gasteiger partial charge in [0.1, 0.15) is 0 Å². The predicted molar refractivity (Wildman–Crippen MR) is 78.4 cm³/mol. The molecule has 0 bridgehead atoms. The van der Waals surface area contributed by atoms with Crippen LogP contribution in [0.3, 0.4) is 0 Å².